The van der Waals surface area contributed by atoms with E-state index in [-0.39, 0.29) is 46.5 Å². The Hall–Kier alpha value is -2.32. The predicted octanol–water partition coefficient (Wildman–Crippen LogP) is 8.03. The van der Waals surface area contributed by atoms with Crippen LogP contribution in [0.25, 0.3) is 34.4 Å². The van der Waals surface area contributed by atoms with Crippen molar-refractivity contribution < 1.29 is 45.8 Å². The molecule has 53 heavy (non-hydrogen) atoms. The van der Waals surface area contributed by atoms with Crippen molar-refractivity contribution >= 4 is 15.4 Å². The number of hydrogen-bond acceptors (Lipinski definition) is 0. The van der Waals surface area contributed by atoms with Crippen molar-refractivity contribution in [3.63, 3.8) is 0 Å². The Morgan fingerprint density at radius 2 is 0.811 bits per heavy atom. The first-order chi connectivity index (χ1) is 23.8. The molecule has 3 heteroatoms. The third-order valence-electron chi connectivity index (χ3n) is 11.8. The monoisotopic (exact) mass is 910 g/mol. The van der Waals surface area contributed by atoms with Gasteiger partial charge in [-0.15, -0.1) is 0 Å². The van der Waals surface area contributed by atoms with E-state index in [1.165, 1.54) is 74.9 Å². The molecule has 4 aromatic carbocycles. The molecular weight excluding hydrogens is 850 g/mol. The van der Waals surface area contributed by atoms with Crippen LogP contribution in [-0.4, -0.2) is 3.26 Å². The fraction of sp³-hybridized carbons (Fsp3) is 0.420. The molecule has 7 rings (SSSR count). The Bertz CT molecular complexity index is 1900. The van der Waals surface area contributed by atoms with Crippen LogP contribution in [-0.2, 0) is 42.6 Å². The molecule has 3 aliphatic rings. The third-order valence-corrected chi connectivity index (χ3v) is 25.0. The summed E-state index contributed by atoms with van der Waals surface area (Å²) in [5.41, 5.74) is 17.8. The molecule has 0 radical (unpaired) electrons. The number of allylic oxidation sites excluding steroid dienone is 2. The second kappa shape index (κ2) is 15.0. The minimum Gasteiger partial charge on any atom is -1.00 e. The first kappa shape index (κ1) is 41.8. The fourth-order valence-corrected chi connectivity index (χ4v) is 22.6. The van der Waals surface area contributed by atoms with Gasteiger partial charge in [-0.3, -0.25) is 0 Å². The second-order valence-electron chi connectivity index (χ2n) is 19.8. The summed E-state index contributed by atoms with van der Waals surface area (Å²) in [6, 6.07) is 29.3. The topological polar surface area (TPSA) is 0 Å². The van der Waals surface area contributed by atoms with E-state index in [4.69, 9.17) is 0 Å². The van der Waals surface area contributed by atoms with Gasteiger partial charge >= 0.3 is 319 Å². The molecule has 1 fully saturated rings. The summed E-state index contributed by atoms with van der Waals surface area (Å²) in [6.07, 6.45) is 14.4. The standard InChI is InChI=1S/2C23H27.C4H6.2ClH.Hf/c2*1-22(2,3)18-13-17(14-19(15-18)23(4,5)6)21-12-8-10-16-9-7-11-20(16)21;1-2-4-3-1;;;/h2*7-15H,1-6H3;1-3H2;2*1H;/q;;;;;+2/p-2. The van der Waals surface area contributed by atoms with E-state index in [1.54, 1.807) is 11.1 Å². The van der Waals surface area contributed by atoms with Crippen LogP contribution in [0.5, 0.6) is 0 Å². The van der Waals surface area contributed by atoms with E-state index in [0.717, 1.165) is 0 Å². The molecule has 0 aromatic heterocycles. The van der Waals surface area contributed by atoms with Crippen LogP contribution in [0, 0.1) is 0 Å². The zero-order chi connectivity index (χ0) is 36.7. The Morgan fingerprint density at radius 3 is 1.09 bits per heavy atom. The van der Waals surface area contributed by atoms with Gasteiger partial charge in [0.1, 0.15) is 0 Å². The van der Waals surface area contributed by atoms with E-state index >= 15 is 0 Å². The molecule has 278 valence electrons. The summed E-state index contributed by atoms with van der Waals surface area (Å²) < 4.78 is 3.15. The molecule has 2 unspecified atom stereocenters. The molecule has 1 saturated carbocycles. The van der Waals surface area contributed by atoms with Gasteiger partial charge in [0.2, 0.25) is 0 Å². The molecular formula is C50H60Cl2Hf. The van der Waals surface area contributed by atoms with Crippen molar-refractivity contribution in [2.75, 3.05) is 0 Å². The van der Waals surface area contributed by atoms with E-state index in [1.807, 2.05) is 3.26 Å². The number of benzene rings is 4. The zero-order valence-electron chi connectivity index (χ0n) is 34.3. The Kier molecular flexibility index (Phi) is 11.8. The molecule has 3 aliphatic carbocycles. The molecule has 0 aliphatic heterocycles. The summed E-state index contributed by atoms with van der Waals surface area (Å²) in [4.78, 5) is 0. The Morgan fingerprint density at radius 1 is 0.472 bits per heavy atom. The van der Waals surface area contributed by atoms with Crippen LogP contribution in [0.4, 0.5) is 0 Å². The second-order valence-corrected chi connectivity index (χ2v) is 30.1. The maximum atomic E-state index is 2.65. The van der Waals surface area contributed by atoms with Crippen LogP contribution in [0.1, 0.15) is 154 Å². The number of fused-ring (bicyclic) bond motifs is 2. The molecule has 0 amide bonds. The summed E-state index contributed by atoms with van der Waals surface area (Å²) in [5.74, 6) is 0. The first-order valence-corrected chi connectivity index (χ1v) is 25.4. The third kappa shape index (κ3) is 8.16. The van der Waals surface area contributed by atoms with Crippen LogP contribution >= 0.6 is 0 Å². The summed E-state index contributed by atoms with van der Waals surface area (Å²) in [5, 5.41) is 0. The maximum absolute atomic E-state index is 2.65. The van der Waals surface area contributed by atoms with Crippen molar-refractivity contribution in [3.05, 3.63) is 129 Å². The van der Waals surface area contributed by atoms with Gasteiger partial charge in [0.05, 0.1) is 0 Å². The van der Waals surface area contributed by atoms with E-state index in [9.17, 15) is 0 Å². The molecule has 0 nitrogen and oxygen atoms in total. The van der Waals surface area contributed by atoms with Crippen LogP contribution < -0.4 is 24.8 Å². The smallest absolute Gasteiger partial charge is 1.00 e. The fourth-order valence-electron chi connectivity index (χ4n) is 8.29. The quantitative estimate of drug-likeness (QED) is 0.182. The minimum absolute atomic E-state index is 0. The maximum Gasteiger partial charge on any atom is -1.00 e. The van der Waals surface area contributed by atoms with Gasteiger partial charge in [-0.25, -0.2) is 0 Å². The van der Waals surface area contributed by atoms with Crippen LogP contribution in [0.2, 0.25) is 0 Å². The Balaban J connectivity index is 0.00000271. The largest absolute Gasteiger partial charge is 1.00 e. The molecule has 0 heterocycles. The van der Waals surface area contributed by atoms with Crippen molar-refractivity contribution in [2.45, 2.75) is 131 Å². The molecule has 4 aromatic rings. The molecule has 0 bridgehead atoms. The van der Waals surface area contributed by atoms with Crippen molar-refractivity contribution in [3.8, 4) is 22.3 Å². The van der Waals surface area contributed by atoms with E-state index in [0.29, 0.717) is 7.35 Å². The van der Waals surface area contributed by atoms with Gasteiger partial charge in [-0.2, -0.15) is 0 Å². The molecule has 0 saturated heterocycles. The van der Waals surface area contributed by atoms with Gasteiger partial charge < -0.3 is 24.8 Å². The average molecular weight is 910 g/mol. The van der Waals surface area contributed by atoms with Gasteiger partial charge in [-0.05, 0) is 0 Å². The van der Waals surface area contributed by atoms with Crippen LogP contribution in [0.15, 0.2) is 84.9 Å². The number of halogens is 2. The van der Waals surface area contributed by atoms with Gasteiger partial charge in [-0.1, -0.05) is 0 Å². The van der Waals surface area contributed by atoms with Crippen molar-refractivity contribution in [1.82, 2.24) is 0 Å². The summed E-state index contributed by atoms with van der Waals surface area (Å²) in [6.45, 7) is 28.2. The van der Waals surface area contributed by atoms with Gasteiger partial charge in [0, 0.05) is 0 Å². The van der Waals surface area contributed by atoms with Crippen molar-refractivity contribution in [2.24, 2.45) is 0 Å². The van der Waals surface area contributed by atoms with Crippen molar-refractivity contribution in [1.29, 1.82) is 0 Å². The normalized spacial score (nSPS) is 17.7. The number of hydrogen-bond donors (Lipinski definition) is 0. The van der Waals surface area contributed by atoms with Gasteiger partial charge in [0.15, 0.2) is 0 Å². The first-order valence-electron chi connectivity index (χ1n) is 19.5. The predicted molar refractivity (Wildman–Crippen MR) is 221 cm³/mol. The molecule has 0 spiro atoms. The Labute approximate surface area is 341 Å². The molecule has 2 atom stereocenters. The zero-order valence-corrected chi connectivity index (χ0v) is 39.4. The van der Waals surface area contributed by atoms with Crippen LogP contribution in [0.3, 0.4) is 0 Å². The minimum atomic E-state index is -2.48. The average Bonchev–Trinajstić information content (AvgIpc) is 3.65. The van der Waals surface area contributed by atoms with E-state index < -0.39 is 21.0 Å². The molecule has 0 N–H and O–H groups in total. The SMILES string of the molecule is CC(C)(C)c1cc(-c2cccc3c2C=C[CH]3[Hf+2](=[C]2CCC2)[CH]2C=Cc3c(-c4cc(C(C)(C)C)cc(C(C)(C)C)c4)cccc32)cc(C(C)(C)C)c1.[Cl-].[Cl-]. The van der Waals surface area contributed by atoms with E-state index in [2.05, 4.69) is 180 Å². The summed E-state index contributed by atoms with van der Waals surface area (Å²) >= 11 is -2.48. The van der Waals surface area contributed by atoms with Gasteiger partial charge in [0.25, 0.3) is 0 Å². The number of rotatable bonds is 4. The summed E-state index contributed by atoms with van der Waals surface area (Å²) in [7, 11) is 0.